The van der Waals surface area contributed by atoms with Gasteiger partial charge in [0.25, 0.3) is 10.0 Å². The summed E-state index contributed by atoms with van der Waals surface area (Å²) >= 11 is 0. The first-order valence-electron chi connectivity index (χ1n) is 11.3. The van der Waals surface area contributed by atoms with E-state index in [0.717, 1.165) is 17.7 Å². The van der Waals surface area contributed by atoms with Crippen LogP contribution in [0.5, 0.6) is 5.75 Å². The van der Waals surface area contributed by atoms with Crippen LogP contribution in [0.15, 0.2) is 83.8 Å². The molecule has 0 fully saturated rings. The van der Waals surface area contributed by atoms with Gasteiger partial charge in [-0.2, -0.15) is 0 Å². The SMILES string of the molecule is CCOc1ccc(NS(=O)(=O)c2ccc3c(c2)C2C=CCC2C(c2cccc(C)c2)N3)cc1. The Balaban J connectivity index is 1.44. The van der Waals surface area contributed by atoms with Crippen molar-refractivity contribution in [2.45, 2.75) is 37.1 Å². The number of aryl methyl sites for hydroxylation is 1. The van der Waals surface area contributed by atoms with Crippen LogP contribution in [-0.4, -0.2) is 15.0 Å². The predicted octanol–water partition coefficient (Wildman–Crippen LogP) is 6.02. The van der Waals surface area contributed by atoms with Gasteiger partial charge in [0.1, 0.15) is 5.75 Å². The highest BCUT2D eigenvalue weighted by Gasteiger charge is 2.38. The topological polar surface area (TPSA) is 67.4 Å². The molecule has 2 N–H and O–H groups in total. The molecule has 0 radical (unpaired) electrons. The van der Waals surface area contributed by atoms with E-state index in [1.165, 1.54) is 11.1 Å². The highest BCUT2D eigenvalue weighted by Crippen LogP contribution is 2.50. The standard InChI is InChI=1S/C27H28N2O3S/c1-3-32-21-12-10-20(11-13-21)29-33(30,31)22-14-15-26-25(17-22)23-8-5-9-24(23)27(28-26)19-7-4-6-18(2)16-19/h4-8,10-17,23-24,27-29H,3,9H2,1-2H3. The minimum atomic E-state index is -3.71. The Morgan fingerprint density at radius 2 is 1.88 bits per heavy atom. The Bertz CT molecular complexity index is 1300. The normalized spacial score (nSPS) is 21.1. The Hall–Kier alpha value is -3.25. The van der Waals surface area contributed by atoms with Crippen molar-refractivity contribution in [1.29, 1.82) is 0 Å². The van der Waals surface area contributed by atoms with E-state index in [0.29, 0.717) is 24.0 Å². The number of nitrogens with one attached hydrogen (secondary N) is 2. The fraction of sp³-hybridized carbons (Fsp3) is 0.259. The molecule has 0 saturated carbocycles. The summed E-state index contributed by atoms with van der Waals surface area (Å²) in [6, 6.07) is 21.1. The number of ether oxygens (including phenoxy) is 1. The molecule has 3 atom stereocenters. The van der Waals surface area contributed by atoms with E-state index >= 15 is 0 Å². The van der Waals surface area contributed by atoms with Crippen LogP contribution >= 0.6 is 0 Å². The maximum atomic E-state index is 13.1. The van der Waals surface area contributed by atoms with Gasteiger partial charge in [-0.1, -0.05) is 42.0 Å². The van der Waals surface area contributed by atoms with E-state index in [2.05, 4.69) is 53.4 Å². The van der Waals surface area contributed by atoms with Crippen molar-refractivity contribution in [3.05, 3.63) is 95.6 Å². The van der Waals surface area contributed by atoms with Crippen LogP contribution in [0.3, 0.4) is 0 Å². The van der Waals surface area contributed by atoms with Crippen LogP contribution in [0.1, 0.15) is 42.0 Å². The third-order valence-electron chi connectivity index (χ3n) is 6.46. The number of allylic oxidation sites excluding steroid dienone is 2. The Kier molecular flexibility index (Phi) is 5.62. The van der Waals surface area contributed by atoms with Gasteiger partial charge >= 0.3 is 0 Å². The third-order valence-corrected chi connectivity index (χ3v) is 7.84. The zero-order valence-electron chi connectivity index (χ0n) is 18.8. The first kappa shape index (κ1) is 21.6. The summed E-state index contributed by atoms with van der Waals surface area (Å²) in [6.45, 7) is 4.59. The van der Waals surface area contributed by atoms with Gasteiger partial charge in [-0.15, -0.1) is 0 Å². The zero-order valence-corrected chi connectivity index (χ0v) is 19.6. The molecule has 3 aromatic carbocycles. The average molecular weight is 461 g/mol. The van der Waals surface area contributed by atoms with Crippen LogP contribution in [0.25, 0.3) is 0 Å². The van der Waals surface area contributed by atoms with Crippen molar-refractivity contribution >= 4 is 21.4 Å². The second-order valence-corrected chi connectivity index (χ2v) is 10.4. The van der Waals surface area contributed by atoms with Crippen LogP contribution in [0, 0.1) is 12.8 Å². The second-order valence-electron chi connectivity index (χ2n) is 8.70. The first-order chi connectivity index (χ1) is 15.9. The molecule has 0 aromatic heterocycles. The number of benzene rings is 3. The van der Waals surface area contributed by atoms with Crippen LogP contribution in [-0.2, 0) is 10.0 Å². The molecule has 0 bridgehead atoms. The van der Waals surface area contributed by atoms with E-state index in [-0.39, 0.29) is 16.9 Å². The van der Waals surface area contributed by atoms with Crippen LogP contribution in [0.4, 0.5) is 11.4 Å². The molecule has 1 aliphatic heterocycles. The molecule has 5 nitrogen and oxygen atoms in total. The molecule has 3 aromatic rings. The molecule has 1 heterocycles. The summed E-state index contributed by atoms with van der Waals surface area (Å²) in [7, 11) is -3.71. The van der Waals surface area contributed by atoms with E-state index in [1.807, 2.05) is 19.1 Å². The fourth-order valence-electron chi connectivity index (χ4n) is 4.93. The lowest BCUT2D eigenvalue weighted by Crippen LogP contribution is -2.29. The van der Waals surface area contributed by atoms with Crippen molar-refractivity contribution in [3.63, 3.8) is 0 Å². The van der Waals surface area contributed by atoms with Crippen molar-refractivity contribution in [2.24, 2.45) is 5.92 Å². The minimum Gasteiger partial charge on any atom is -0.494 e. The van der Waals surface area contributed by atoms with Gasteiger partial charge in [-0.05, 0) is 79.8 Å². The van der Waals surface area contributed by atoms with Crippen molar-refractivity contribution in [2.75, 3.05) is 16.6 Å². The molecule has 2 aliphatic rings. The number of hydrogen-bond acceptors (Lipinski definition) is 4. The smallest absolute Gasteiger partial charge is 0.261 e. The van der Waals surface area contributed by atoms with Gasteiger partial charge in [0.15, 0.2) is 0 Å². The predicted molar refractivity (Wildman–Crippen MR) is 132 cm³/mol. The lowest BCUT2D eigenvalue weighted by molar-refractivity contribution is 0.340. The molecule has 170 valence electrons. The van der Waals surface area contributed by atoms with Gasteiger partial charge in [0, 0.05) is 17.3 Å². The minimum absolute atomic E-state index is 0.187. The molecule has 5 rings (SSSR count). The summed E-state index contributed by atoms with van der Waals surface area (Å²) in [5.74, 6) is 1.26. The summed E-state index contributed by atoms with van der Waals surface area (Å²) in [5, 5.41) is 3.69. The second kappa shape index (κ2) is 8.60. The number of sulfonamides is 1. The summed E-state index contributed by atoms with van der Waals surface area (Å²) in [5.41, 5.74) is 5.05. The summed E-state index contributed by atoms with van der Waals surface area (Å²) in [4.78, 5) is 0.269. The van der Waals surface area contributed by atoms with Gasteiger partial charge in [-0.25, -0.2) is 8.42 Å². The zero-order chi connectivity index (χ0) is 23.0. The molecular weight excluding hydrogens is 432 g/mol. The Morgan fingerprint density at radius 3 is 2.64 bits per heavy atom. The van der Waals surface area contributed by atoms with E-state index in [1.54, 1.807) is 30.3 Å². The molecule has 1 aliphatic carbocycles. The number of fused-ring (bicyclic) bond motifs is 3. The fourth-order valence-corrected chi connectivity index (χ4v) is 6.03. The Morgan fingerprint density at radius 1 is 1.06 bits per heavy atom. The molecule has 0 amide bonds. The van der Waals surface area contributed by atoms with Gasteiger partial charge in [0.05, 0.1) is 17.5 Å². The molecule has 0 saturated heterocycles. The molecule has 0 spiro atoms. The molecular formula is C27H28N2O3S. The quantitative estimate of drug-likeness (QED) is 0.441. The van der Waals surface area contributed by atoms with Crippen LogP contribution in [0.2, 0.25) is 0 Å². The number of anilines is 2. The van der Waals surface area contributed by atoms with E-state index in [4.69, 9.17) is 4.74 Å². The maximum Gasteiger partial charge on any atom is 0.261 e. The maximum absolute atomic E-state index is 13.1. The molecule has 6 heteroatoms. The monoisotopic (exact) mass is 460 g/mol. The van der Waals surface area contributed by atoms with Crippen molar-refractivity contribution in [1.82, 2.24) is 0 Å². The Labute approximate surface area is 195 Å². The van der Waals surface area contributed by atoms with Crippen molar-refractivity contribution < 1.29 is 13.2 Å². The first-order valence-corrected chi connectivity index (χ1v) is 12.8. The average Bonchev–Trinajstić information content (AvgIpc) is 3.30. The number of rotatable bonds is 6. The molecule has 33 heavy (non-hydrogen) atoms. The highest BCUT2D eigenvalue weighted by atomic mass is 32.2. The third kappa shape index (κ3) is 4.23. The highest BCUT2D eigenvalue weighted by molar-refractivity contribution is 7.92. The van der Waals surface area contributed by atoms with Gasteiger partial charge < -0.3 is 10.1 Å². The van der Waals surface area contributed by atoms with Gasteiger partial charge in [0.2, 0.25) is 0 Å². The van der Waals surface area contributed by atoms with Gasteiger partial charge in [-0.3, -0.25) is 4.72 Å². The largest absolute Gasteiger partial charge is 0.494 e. The summed E-state index contributed by atoms with van der Waals surface area (Å²) in [6.07, 6.45) is 5.41. The molecule has 3 unspecified atom stereocenters. The van der Waals surface area contributed by atoms with E-state index in [9.17, 15) is 8.42 Å². The lowest BCUT2D eigenvalue weighted by atomic mass is 9.77. The van der Waals surface area contributed by atoms with Crippen molar-refractivity contribution in [3.8, 4) is 5.75 Å². The van der Waals surface area contributed by atoms with E-state index < -0.39 is 10.0 Å². The lowest BCUT2D eigenvalue weighted by Gasteiger charge is -2.37. The van der Waals surface area contributed by atoms with Crippen LogP contribution < -0.4 is 14.8 Å². The summed E-state index contributed by atoms with van der Waals surface area (Å²) < 4.78 is 34.4. The number of hydrogen-bond donors (Lipinski definition) is 2.